The molecule has 3 aromatic rings. The summed E-state index contributed by atoms with van der Waals surface area (Å²) in [5.74, 6) is -0.312. The highest BCUT2D eigenvalue weighted by Crippen LogP contribution is 2.31. The lowest BCUT2D eigenvalue weighted by atomic mass is 10.2. The fourth-order valence-electron chi connectivity index (χ4n) is 2.34. The van der Waals surface area contributed by atoms with Crippen molar-refractivity contribution >= 4 is 29.1 Å². The molecule has 2 aromatic carbocycles. The number of nitrogens with one attached hydrogen (secondary N) is 2. The zero-order chi connectivity index (χ0) is 20.1. The lowest BCUT2D eigenvalue weighted by molar-refractivity contribution is -0.137. The van der Waals surface area contributed by atoms with E-state index in [9.17, 15) is 18.0 Å². The van der Waals surface area contributed by atoms with Crippen molar-refractivity contribution in [1.82, 2.24) is 15.2 Å². The molecule has 0 radical (unpaired) electrons. The number of carbonyl (C=O) groups is 1. The molecule has 2 N–H and O–H groups in total. The fraction of sp³-hybridized carbons (Fsp3) is 0.111. The Labute approximate surface area is 157 Å². The van der Waals surface area contributed by atoms with Crippen molar-refractivity contribution < 1.29 is 22.7 Å². The average molecular weight is 389 g/mol. The van der Waals surface area contributed by atoms with Crippen molar-refractivity contribution in [2.24, 2.45) is 0 Å². The number of rotatable bonds is 5. The van der Waals surface area contributed by atoms with Crippen LogP contribution >= 0.6 is 0 Å². The largest absolute Gasteiger partial charge is 0.465 e. The van der Waals surface area contributed by atoms with Crippen LogP contribution in [0.3, 0.4) is 0 Å². The van der Waals surface area contributed by atoms with E-state index in [2.05, 4.69) is 25.8 Å². The van der Waals surface area contributed by atoms with Gasteiger partial charge in [-0.15, -0.1) is 5.10 Å². The summed E-state index contributed by atoms with van der Waals surface area (Å²) in [5, 5.41) is 13.1. The van der Waals surface area contributed by atoms with Gasteiger partial charge in [-0.2, -0.15) is 23.3 Å². The molecule has 0 aliphatic heterocycles. The summed E-state index contributed by atoms with van der Waals surface area (Å²) in [6.45, 7) is 0. The fourth-order valence-corrected chi connectivity index (χ4v) is 2.34. The number of esters is 1. The molecule has 0 atom stereocenters. The van der Waals surface area contributed by atoms with Crippen LogP contribution in [0.4, 0.5) is 36.3 Å². The zero-order valence-corrected chi connectivity index (χ0v) is 14.5. The lowest BCUT2D eigenvalue weighted by Gasteiger charge is -2.11. The van der Waals surface area contributed by atoms with Crippen LogP contribution in [0.5, 0.6) is 0 Å². The first kappa shape index (κ1) is 19.1. The van der Waals surface area contributed by atoms with E-state index in [1.165, 1.54) is 25.4 Å². The summed E-state index contributed by atoms with van der Waals surface area (Å²) in [6, 6.07) is 11.2. The first-order chi connectivity index (χ1) is 13.4. The van der Waals surface area contributed by atoms with Gasteiger partial charge < -0.3 is 15.4 Å². The second-order valence-electron chi connectivity index (χ2n) is 5.53. The number of carbonyl (C=O) groups excluding carboxylic acids is 1. The number of para-hydroxylation sites is 1. The number of anilines is 4. The van der Waals surface area contributed by atoms with Crippen LogP contribution < -0.4 is 10.6 Å². The summed E-state index contributed by atoms with van der Waals surface area (Å²) in [4.78, 5) is 16.0. The second-order valence-corrected chi connectivity index (χ2v) is 5.53. The van der Waals surface area contributed by atoms with Crippen molar-refractivity contribution in [3.8, 4) is 0 Å². The Morgan fingerprint density at radius 2 is 1.86 bits per heavy atom. The number of ether oxygens (including phenoxy) is 1. The summed E-state index contributed by atoms with van der Waals surface area (Å²) in [6.07, 6.45) is -3.15. The van der Waals surface area contributed by atoms with Gasteiger partial charge in [0.05, 0.1) is 30.1 Å². The average Bonchev–Trinajstić information content (AvgIpc) is 2.68. The molecule has 1 heterocycles. The molecular weight excluding hydrogens is 375 g/mol. The number of benzene rings is 2. The maximum atomic E-state index is 12.8. The molecule has 0 amide bonds. The van der Waals surface area contributed by atoms with Crippen LogP contribution in [-0.4, -0.2) is 28.3 Å². The highest BCUT2D eigenvalue weighted by Gasteiger charge is 2.30. The summed E-state index contributed by atoms with van der Waals surface area (Å²) < 4.78 is 43.2. The van der Waals surface area contributed by atoms with Gasteiger partial charge in [0.2, 0.25) is 5.95 Å². The van der Waals surface area contributed by atoms with Gasteiger partial charge in [0.1, 0.15) is 0 Å². The van der Waals surface area contributed by atoms with E-state index in [-0.39, 0.29) is 23.0 Å². The molecule has 0 saturated carbocycles. The van der Waals surface area contributed by atoms with Gasteiger partial charge in [0, 0.05) is 5.69 Å². The van der Waals surface area contributed by atoms with Crippen LogP contribution in [0.2, 0.25) is 0 Å². The van der Waals surface area contributed by atoms with Crippen LogP contribution in [0.15, 0.2) is 54.7 Å². The Balaban J connectivity index is 1.82. The van der Waals surface area contributed by atoms with Gasteiger partial charge in [0.25, 0.3) is 0 Å². The number of hydrogen-bond donors (Lipinski definition) is 2. The Hall–Kier alpha value is -3.69. The predicted octanol–water partition coefficient (Wildman–Crippen LogP) is 4.16. The second kappa shape index (κ2) is 7.91. The molecule has 0 saturated heterocycles. The molecule has 10 heteroatoms. The van der Waals surface area contributed by atoms with Gasteiger partial charge in [-0.25, -0.2) is 4.79 Å². The van der Waals surface area contributed by atoms with Crippen molar-refractivity contribution in [3.63, 3.8) is 0 Å². The molecule has 0 bridgehead atoms. The summed E-state index contributed by atoms with van der Waals surface area (Å²) in [7, 11) is 1.27. The molecule has 3 rings (SSSR count). The Bertz CT molecular complexity index is 995. The van der Waals surface area contributed by atoms with Crippen molar-refractivity contribution in [1.29, 1.82) is 0 Å². The standard InChI is InChI=1S/C18H14F3N5O2/c1-28-16(27)13-7-2-3-8-14(13)24-15-10-22-26-17(25-15)23-12-6-4-5-11(9-12)18(19,20)21/h2-10H,1H3,(H2,23,24,25,26). The molecule has 0 aliphatic rings. The molecule has 0 unspecified atom stereocenters. The third-order valence-corrected chi connectivity index (χ3v) is 3.60. The normalized spacial score (nSPS) is 11.0. The van der Waals surface area contributed by atoms with E-state index < -0.39 is 17.7 Å². The minimum atomic E-state index is -4.46. The van der Waals surface area contributed by atoms with Gasteiger partial charge in [0.15, 0.2) is 5.82 Å². The maximum Gasteiger partial charge on any atom is 0.416 e. The van der Waals surface area contributed by atoms with Crippen LogP contribution in [0, 0.1) is 0 Å². The highest BCUT2D eigenvalue weighted by atomic mass is 19.4. The van der Waals surface area contributed by atoms with Gasteiger partial charge >= 0.3 is 12.1 Å². The van der Waals surface area contributed by atoms with Crippen LogP contribution in [0.1, 0.15) is 15.9 Å². The van der Waals surface area contributed by atoms with Crippen LogP contribution in [-0.2, 0) is 10.9 Å². The van der Waals surface area contributed by atoms with Gasteiger partial charge in [-0.3, -0.25) is 0 Å². The minimum Gasteiger partial charge on any atom is -0.465 e. The number of hydrogen-bond acceptors (Lipinski definition) is 7. The molecule has 0 fully saturated rings. The minimum absolute atomic E-state index is 0.0140. The van der Waals surface area contributed by atoms with E-state index in [4.69, 9.17) is 4.74 Å². The first-order valence-corrected chi connectivity index (χ1v) is 7.95. The molecule has 7 nitrogen and oxygen atoms in total. The zero-order valence-electron chi connectivity index (χ0n) is 14.5. The lowest BCUT2D eigenvalue weighted by Crippen LogP contribution is -2.08. The quantitative estimate of drug-likeness (QED) is 0.633. The number of nitrogens with zero attached hydrogens (tertiary/aromatic N) is 3. The van der Waals surface area contributed by atoms with E-state index in [0.29, 0.717) is 5.69 Å². The maximum absolute atomic E-state index is 12.8. The van der Waals surface area contributed by atoms with E-state index >= 15 is 0 Å². The molecule has 1 aromatic heterocycles. The molecule has 28 heavy (non-hydrogen) atoms. The molecular formula is C18H14F3N5O2. The Morgan fingerprint density at radius 3 is 2.61 bits per heavy atom. The van der Waals surface area contributed by atoms with Crippen molar-refractivity contribution in [2.75, 3.05) is 17.7 Å². The van der Waals surface area contributed by atoms with Gasteiger partial charge in [-0.05, 0) is 30.3 Å². The third-order valence-electron chi connectivity index (χ3n) is 3.60. The number of methoxy groups -OCH3 is 1. The molecule has 0 spiro atoms. The number of halogens is 3. The summed E-state index contributed by atoms with van der Waals surface area (Å²) in [5.41, 5.74) is 0.0753. The Morgan fingerprint density at radius 1 is 1.07 bits per heavy atom. The van der Waals surface area contributed by atoms with E-state index in [0.717, 1.165) is 12.1 Å². The summed E-state index contributed by atoms with van der Waals surface area (Å²) >= 11 is 0. The van der Waals surface area contributed by atoms with Gasteiger partial charge in [-0.1, -0.05) is 18.2 Å². The number of aromatic nitrogens is 3. The number of alkyl halides is 3. The molecule has 144 valence electrons. The predicted molar refractivity (Wildman–Crippen MR) is 95.6 cm³/mol. The highest BCUT2D eigenvalue weighted by molar-refractivity contribution is 5.96. The monoisotopic (exact) mass is 389 g/mol. The topological polar surface area (TPSA) is 89.0 Å². The van der Waals surface area contributed by atoms with Crippen molar-refractivity contribution in [2.45, 2.75) is 6.18 Å². The third kappa shape index (κ3) is 4.53. The molecule has 0 aliphatic carbocycles. The SMILES string of the molecule is COC(=O)c1ccccc1Nc1cnnc(Nc2cccc(C(F)(F)F)c2)n1. The Kier molecular flexibility index (Phi) is 5.39. The first-order valence-electron chi connectivity index (χ1n) is 7.95. The van der Waals surface area contributed by atoms with Crippen LogP contribution in [0.25, 0.3) is 0 Å². The smallest absolute Gasteiger partial charge is 0.416 e. The van der Waals surface area contributed by atoms with E-state index in [1.54, 1.807) is 24.3 Å². The van der Waals surface area contributed by atoms with E-state index in [1.807, 2.05) is 0 Å². The van der Waals surface area contributed by atoms with Crippen molar-refractivity contribution in [3.05, 3.63) is 65.9 Å².